The molecule has 1 aliphatic rings. The Morgan fingerprint density at radius 1 is 0.935 bits per heavy atom. The van der Waals surface area contributed by atoms with Crippen molar-refractivity contribution in [3.8, 4) is 0 Å². The Kier molecular flexibility index (Phi) is 8.24. The summed E-state index contributed by atoms with van der Waals surface area (Å²) in [5.74, 6) is 0.152. The summed E-state index contributed by atoms with van der Waals surface area (Å²) in [6.07, 6.45) is 5.39. The number of nitrogens with one attached hydrogen (secondary N) is 1. The van der Waals surface area contributed by atoms with Crippen molar-refractivity contribution in [1.29, 1.82) is 0 Å². The summed E-state index contributed by atoms with van der Waals surface area (Å²) < 4.78 is 0. The monoisotopic (exact) mass is 421 g/mol. The molecule has 31 heavy (non-hydrogen) atoms. The fourth-order valence-electron chi connectivity index (χ4n) is 4.18. The highest BCUT2D eigenvalue weighted by Crippen LogP contribution is 2.25. The van der Waals surface area contributed by atoms with E-state index in [1.54, 1.807) is 6.07 Å². The summed E-state index contributed by atoms with van der Waals surface area (Å²) in [6, 6.07) is 15.7. The molecule has 0 heterocycles. The minimum absolute atomic E-state index is 0.0198. The van der Waals surface area contributed by atoms with Crippen molar-refractivity contribution in [2.45, 2.75) is 52.1 Å². The van der Waals surface area contributed by atoms with Gasteiger partial charge in [0.2, 0.25) is 5.91 Å². The Labute approximate surface area is 186 Å². The van der Waals surface area contributed by atoms with E-state index < -0.39 is 0 Å². The molecular formula is C26H35N3O2. The van der Waals surface area contributed by atoms with Crippen molar-refractivity contribution < 1.29 is 9.59 Å². The first-order chi connectivity index (χ1) is 15.0. The quantitative estimate of drug-likeness (QED) is 0.658. The highest BCUT2D eigenvalue weighted by Gasteiger charge is 2.21. The van der Waals surface area contributed by atoms with Gasteiger partial charge in [-0.15, -0.1) is 0 Å². The number of carbonyl (C=O) groups is 2. The largest absolute Gasteiger partial charge is 0.335 e. The first kappa shape index (κ1) is 23.0. The lowest BCUT2D eigenvalue weighted by Crippen LogP contribution is -2.30. The topological polar surface area (TPSA) is 52.6 Å². The number of anilines is 1. The second-order valence-electron chi connectivity index (χ2n) is 8.78. The second kappa shape index (κ2) is 11.1. The summed E-state index contributed by atoms with van der Waals surface area (Å²) in [4.78, 5) is 29.7. The molecule has 0 aromatic heterocycles. The van der Waals surface area contributed by atoms with Crippen molar-refractivity contribution >= 4 is 17.5 Å². The van der Waals surface area contributed by atoms with Gasteiger partial charge in [-0.05, 0) is 63.2 Å². The molecular weight excluding hydrogens is 386 g/mol. The van der Waals surface area contributed by atoms with Gasteiger partial charge in [-0.1, -0.05) is 49.6 Å². The van der Waals surface area contributed by atoms with Crippen LogP contribution in [0.2, 0.25) is 0 Å². The fraction of sp³-hybridized carbons (Fsp3) is 0.462. The van der Waals surface area contributed by atoms with Gasteiger partial charge in [0.25, 0.3) is 5.91 Å². The molecule has 2 aromatic rings. The number of amides is 2. The van der Waals surface area contributed by atoms with Crippen molar-refractivity contribution in [2.24, 2.45) is 5.92 Å². The highest BCUT2D eigenvalue weighted by molar-refractivity contribution is 5.97. The van der Waals surface area contributed by atoms with Crippen LogP contribution in [0.4, 0.5) is 5.69 Å². The van der Waals surface area contributed by atoms with Crippen LogP contribution in [0.15, 0.2) is 48.5 Å². The minimum atomic E-state index is -0.0198. The van der Waals surface area contributed by atoms with E-state index in [-0.39, 0.29) is 17.7 Å². The number of hydrogen-bond donors (Lipinski definition) is 1. The van der Waals surface area contributed by atoms with Gasteiger partial charge in [-0.3, -0.25) is 9.59 Å². The van der Waals surface area contributed by atoms with Crippen molar-refractivity contribution in [1.82, 2.24) is 9.80 Å². The molecule has 0 radical (unpaired) electrons. The average Bonchev–Trinajstić information content (AvgIpc) is 2.78. The number of hydrogen-bond acceptors (Lipinski definition) is 3. The zero-order valence-electron chi connectivity index (χ0n) is 19.1. The number of rotatable bonds is 8. The molecule has 2 amide bonds. The maximum absolute atomic E-state index is 13.1. The van der Waals surface area contributed by atoms with Gasteiger partial charge in [0.1, 0.15) is 0 Å². The van der Waals surface area contributed by atoms with Crippen LogP contribution >= 0.6 is 0 Å². The average molecular weight is 422 g/mol. The molecule has 1 aliphatic carbocycles. The molecule has 0 bridgehead atoms. The van der Waals surface area contributed by atoms with Gasteiger partial charge in [0, 0.05) is 36.8 Å². The lowest BCUT2D eigenvalue weighted by atomic mass is 9.88. The van der Waals surface area contributed by atoms with Crippen LogP contribution in [0.3, 0.4) is 0 Å². The van der Waals surface area contributed by atoms with Crippen LogP contribution in [0.25, 0.3) is 0 Å². The third-order valence-corrected chi connectivity index (χ3v) is 5.92. The van der Waals surface area contributed by atoms with Gasteiger partial charge in [-0.2, -0.15) is 0 Å². The summed E-state index contributed by atoms with van der Waals surface area (Å²) in [6.45, 7) is 4.08. The molecule has 2 aromatic carbocycles. The van der Waals surface area contributed by atoms with Gasteiger partial charge in [0.15, 0.2) is 0 Å². The van der Waals surface area contributed by atoms with E-state index in [2.05, 4.69) is 48.6 Å². The maximum Gasteiger partial charge on any atom is 0.254 e. The predicted molar refractivity (Wildman–Crippen MR) is 126 cm³/mol. The lowest BCUT2D eigenvalue weighted by Gasteiger charge is -2.22. The summed E-state index contributed by atoms with van der Waals surface area (Å²) in [5.41, 5.74) is 3.67. The normalized spacial score (nSPS) is 14.5. The molecule has 1 fully saturated rings. The first-order valence-corrected chi connectivity index (χ1v) is 11.4. The zero-order chi connectivity index (χ0) is 22.2. The fourth-order valence-corrected chi connectivity index (χ4v) is 4.18. The number of carbonyl (C=O) groups excluding carboxylic acids is 2. The van der Waals surface area contributed by atoms with Crippen molar-refractivity contribution in [3.05, 3.63) is 65.2 Å². The van der Waals surface area contributed by atoms with Crippen LogP contribution in [-0.2, 0) is 17.9 Å². The van der Waals surface area contributed by atoms with E-state index in [1.807, 2.05) is 30.0 Å². The van der Waals surface area contributed by atoms with Gasteiger partial charge < -0.3 is 15.1 Å². The molecule has 0 aliphatic heterocycles. The zero-order valence-corrected chi connectivity index (χ0v) is 19.1. The predicted octanol–water partition coefficient (Wildman–Crippen LogP) is 4.93. The molecule has 5 nitrogen and oxygen atoms in total. The Morgan fingerprint density at radius 2 is 1.58 bits per heavy atom. The highest BCUT2D eigenvalue weighted by atomic mass is 16.2. The minimum Gasteiger partial charge on any atom is -0.335 e. The van der Waals surface area contributed by atoms with Crippen LogP contribution in [-0.4, -0.2) is 42.3 Å². The summed E-state index contributed by atoms with van der Waals surface area (Å²) in [5, 5.41) is 3.02. The maximum atomic E-state index is 13.1. The molecule has 3 rings (SSSR count). The summed E-state index contributed by atoms with van der Waals surface area (Å²) in [7, 11) is 4.11. The molecule has 0 saturated heterocycles. The van der Waals surface area contributed by atoms with E-state index in [0.29, 0.717) is 24.3 Å². The standard InChI is InChI=1S/C26H35N3O2/c1-4-29(19-21-15-13-20(14-16-21)18-28(2)3)26(31)23-11-8-12-24(17-23)27-25(30)22-9-6-5-7-10-22/h8,11-17,22H,4-7,9-10,18-19H2,1-3H3,(H,27,30). The van der Waals surface area contributed by atoms with Crippen LogP contribution in [0.1, 0.15) is 60.5 Å². The molecule has 166 valence electrons. The Morgan fingerprint density at radius 3 is 2.19 bits per heavy atom. The van der Waals surface area contributed by atoms with E-state index >= 15 is 0 Å². The third kappa shape index (κ3) is 6.66. The molecule has 5 heteroatoms. The number of benzene rings is 2. The first-order valence-electron chi connectivity index (χ1n) is 11.4. The second-order valence-corrected chi connectivity index (χ2v) is 8.78. The smallest absolute Gasteiger partial charge is 0.254 e. The van der Waals surface area contributed by atoms with Crippen LogP contribution in [0, 0.1) is 5.92 Å². The van der Waals surface area contributed by atoms with Crippen LogP contribution in [0.5, 0.6) is 0 Å². The van der Waals surface area contributed by atoms with E-state index in [4.69, 9.17) is 0 Å². The molecule has 0 unspecified atom stereocenters. The van der Waals surface area contributed by atoms with E-state index in [9.17, 15) is 9.59 Å². The SMILES string of the molecule is CCN(Cc1ccc(CN(C)C)cc1)C(=O)c1cccc(NC(=O)C2CCCCC2)c1. The van der Waals surface area contributed by atoms with E-state index in [1.165, 1.54) is 12.0 Å². The number of nitrogens with zero attached hydrogens (tertiary/aromatic N) is 2. The van der Waals surface area contributed by atoms with E-state index in [0.717, 1.165) is 37.8 Å². The van der Waals surface area contributed by atoms with Gasteiger partial charge in [-0.25, -0.2) is 0 Å². The Hall–Kier alpha value is -2.66. The molecule has 0 spiro atoms. The Bertz CT molecular complexity index is 870. The third-order valence-electron chi connectivity index (χ3n) is 5.92. The lowest BCUT2D eigenvalue weighted by molar-refractivity contribution is -0.120. The Balaban J connectivity index is 1.64. The molecule has 1 saturated carbocycles. The molecule has 1 N–H and O–H groups in total. The van der Waals surface area contributed by atoms with Gasteiger partial charge in [0.05, 0.1) is 0 Å². The van der Waals surface area contributed by atoms with Gasteiger partial charge >= 0.3 is 0 Å². The van der Waals surface area contributed by atoms with Crippen LogP contribution < -0.4 is 5.32 Å². The van der Waals surface area contributed by atoms with Crippen molar-refractivity contribution in [2.75, 3.05) is 26.0 Å². The summed E-state index contributed by atoms with van der Waals surface area (Å²) >= 11 is 0. The molecule has 0 atom stereocenters. The van der Waals surface area contributed by atoms with Crippen molar-refractivity contribution in [3.63, 3.8) is 0 Å².